The second-order valence-electron chi connectivity index (χ2n) is 4.01. The van der Waals surface area contributed by atoms with Gasteiger partial charge in [-0.1, -0.05) is 0 Å². The molecule has 1 aromatic rings. The van der Waals surface area contributed by atoms with E-state index in [4.69, 9.17) is 0 Å². The summed E-state index contributed by atoms with van der Waals surface area (Å²) in [6.07, 6.45) is 0.488. The standard InChI is InChI=1S/C11H11F3N2O7S.Na.H/c1-2-22-8(18)5-16-10(19)9-7(17)3-6(4-15-9)23-24(20,21)11(12,13)14;;/h3-4,17H,2,5H2,1H3,(H,16,19);;/q;+1;-1. The molecule has 1 heterocycles. The Labute approximate surface area is 163 Å². The van der Waals surface area contributed by atoms with Crippen molar-refractivity contribution >= 4 is 22.0 Å². The van der Waals surface area contributed by atoms with Gasteiger partial charge in [0.2, 0.25) is 0 Å². The van der Waals surface area contributed by atoms with Crippen LogP contribution in [-0.2, 0) is 19.6 Å². The molecule has 0 aliphatic rings. The largest absolute Gasteiger partial charge is 1.00 e. The second kappa shape index (κ2) is 9.22. The van der Waals surface area contributed by atoms with E-state index in [1.165, 1.54) is 0 Å². The molecule has 2 N–H and O–H groups in total. The Kier molecular flexibility index (Phi) is 8.64. The first-order valence-electron chi connectivity index (χ1n) is 6.11. The van der Waals surface area contributed by atoms with Crippen LogP contribution in [0.4, 0.5) is 13.2 Å². The van der Waals surface area contributed by atoms with Gasteiger partial charge in [-0.3, -0.25) is 9.59 Å². The molecule has 0 bridgehead atoms. The predicted octanol–water partition coefficient (Wildman–Crippen LogP) is -2.57. The average Bonchev–Trinajstić information content (AvgIpc) is 2.43. The Bertz CT molecular complexity index is 746. The number of aromatic hydroxyl groups is 1. The molecular weight excluding hydrogens is 384 g/mol. The molecule has 0 unspecified atom stereocenters. The number of hydrogen-bond acceptors (Lipinski definition) is 8. The van der Waals surface area contributed by atoms with Gasteiger partial charge in [-0.2, -0.15) is 21.6 Å². The average molecular weight is 396 g/mol. The van der Waals surface area contributed by atoms with Gasteiger partial charge in [-0.05, 0) is 6.92 Å². The van der Waals surface area contributed by atoms with Crippen molar-refractivity contribution in [2.75, 3.05) is 13.2 Å². The normalized spacial score (nSPS) is 11.2. The Morgan fingerprint density at radius 1 is 1.40 bits per heavy atom. The minimum atomic E-state index is -5.94. The van der Waals surface area contributed by atoms with Crippen LogP contribution in [0.1, 0.15) is 18.8 Å². The number of carbonyl (C=O) groups is 2. The molecule has 0 aliphatic heterocycles. The molecular formula is C11H12F3N2NaO7S. The topological polar surface area (TPSA) is 132 Å². The van der Waals surface area contributed by atoms with Gasteiger partial charge >= 0.3 is 51.2 Å². The molecule has 136 valence electrons. The number of pyridine rings is 1. The van der Waals surface area contributed by atoms with Crippen molar-refractivity contribution in [3.8, 4) is 11.5 Å². The smallest absolute Gasteiger partial charge is 1.00 e. The Hall–Kier alpha value is -1.57. The fourth-order valence-corrected chi connectivity index (χ4v) is 1.72. The zero-order valence-corrected chi connectivity index (χ0v) is 15.8. The van der Waals surface area contributed by atoms with Gasteiger partial charge in [-0.25, -0.2) is 4.98 Å². The summed E-state index contributed by atoms with van der Waals surface area (Å²) < 4.78 is 66.4. The Morgan fingerprint density at radius 2 is 2.00 bits per heavy atom. The Balaban J connectivity index is 0. The molecule has 25 heavy (non-hydrogen) atoms. The van der Waals surface area contributed by atoms with E-state index in [2.05, 4.69) is 13.9 Å². The fraction of sp³-hybridized carbons (Fsp3) is 0.364. The van der Waals surface area contributed by atoms with Crippen molar-refractivity contribution in [1.29, 1.82) is 0 Å². The molecule has 0 spiro atoms. The number of aromatic nitrogens is 1. The van der Waals surface area contributed by atoms with E-state index in [-0.39, 0.29) is 37.6 Å². The molecule has 9 nitrogen and oxygen atoms in total. The number of nitrogens with zero attached hydrogens (tertiary/aromatic N) is 1. The number of alkyl halides is 3. The van der Waals surface area contributed by atoms with Crippen LogP contribution >= 0.6 is 0 Å². The van der Waals surface area contributed by atoms with E-state index >= 15 is 0 Å². The SMILES string of the molecule is CCOC(=O)CNC(=O)c1ncc(OS(=O)(=O)C(F)(F)F)cc1O.[H-].[Na+]. The summed E-state index contributed by atoms with van der Waals surface area (Å²) >= 11 is 0. The number of halogens is 3. The van der Waals surface area contributed by atoms with E-state index in [1.807, 2.05) is 5.32 Å². The van der Waals surface area contributed by atoms with Gasteiger partial charge in [0.15, 0.2) is 17.2 Å². The molecule has 1 amide bonds. The zero-order chi connectivity index (χ0) is 18.5. The second-order valence-corrected chi connectivity index (χ2v) is 5.55. The van der Waals surface area contributed by atoms with Crippen molar-refractivity contribution in [1.82, 2.24) is 10.3 Å². The van der Waals surface area contributed by atoms with Crippen molar-refractivity contribution in [3.63, 3.8) is 0 Å². The van der Waals surface area contributed by atoms with Crippen LogP contribution in [0.25, 0.3) is 0 Å². The first kappa shape index (κ1) is 23.4. The first-order valence-corrected chi connectivity index (χ1v) is 7.52. The van der Waals surface area contributed by atoms with Gasteiger partial charge < -0.3 is 20.8 Å². The quantitative estimate of drug-likeness (QED) is 0.232. The monoisotopic (exact) mass is 396 g/mol. The van der Waals surface area contributed by atoms with Gasteiger partial charge in [0.05, 0.1) is 12.8 Å². The molecule has 0 radical (unpaired) electrons. The summed E-state index contributed by atoms with van der Waals surface area (Å²) in [4.78, 5) is 26.0. The number of rotatable bonds is 6. The number of hydrogen-bond donors (Lipinski definition) is 2. The van der Waals surface area contributed by atoms with Crippen molar-refractivity contribution in [3.05, 3.63) is 18.0 Å². The van der Waals surface area contributed by atoms with Crippen LogP contribution in [0.15, 0.2) is 12.3 Å². The summed E-state index contributed by atoms with van der Waals surface area (Å²) in [7, 11) is -5.94. The zero-order valence-electron chi connectivity index (χ0n) is 14.0. The van der Waals surface area contributed by atoms with Crippen LogP contribution in [0.5, 0.6) is 11.5 Å². The Morgan fingerprint density at radius 3 is 2.48 bits per heavy atom. The third-order valence-corrected chi connectivity index (χ3v) is 3.22. The molecule has 0 aliphatic carbocycles. The number of ether oxygens (including phenoxy) is 1. The van der Waals surface area contributed by atoms with Crippen molar-refractivity contribution in [2.45, 2.75) is 12.4 Å². The van der Waals surface area contributed by atoms with Gasteiger partial charge in [0.25, 0.3) is 5.91 Å². The first-order chi connectivity index (χ1) is 11.0. The summed E-state index contributed by atoms with van der Waals surface area (Å²) in [5.41, 5.74) is -6.32. The van der Waals surface area contributed by atoms with E-state index in [0.29, 0.717) is 12.3 Å². The van der Waals surface area contributed by atoms with Gasteiger partial charge in [-0.15, -0.1) is 0 Å². The molecule has 0 saturated heterocycles. The van der Waals surface area contributed by atoms with Crippen molar-refractivity contribution in [2.24, 2.45) is 0 Å². The molecule has 0 saturated carbocycles. The van der Waals surface area contributed by atoms with E-state index in [1.54, 1.807) is 6.92 Å². The summed E-state index contributed by atoms with van der Waals surface area (Å²) in [6, 6.07) is 0.454. The van der Waals surface area contributed by atoms with Crippen LogP contribution in [-0.4, -0.2) is 49.0 Å². The van der Waals surface area contributed by atoms with E-state index < -0.39 is 51.2 Å². The summed E-state index contributed by atoms with van der Waals surface area (Å²) in [5.74, 6) is -3.70. The summed E-state index contributed by atoms with van der Waals surface area (Å²) in [5, 5.41) is 11.6. The molecule has 1 aromatic heterocycles. The number of carbonyl (C=O) groups excluding carboxylic acids is 2. The predicted molar refractivity (Wildman–Crippen MR) is 71.6 cm³/mol. The third kappa shape index (κ3) is 6.68. The van der Waals surface area contributed by atoms with Crippen LogP contribution in [0, 0.1) is 0 Å². The van der Waals surface area contributed by atoms with E-state index in [9.17, 15) is 36.3 Å². The minimum absolute atomic E-state index is 0. The molecule has 1 rings (SSSR count). The van der Waals surface area contributed by atoms with Crippen LogP contribution in [0.3, 0.4) is 0 Å². The number of amides is 1. The molecule has 0 fully saturated rings. The van der Waals surface area contributed by atoms with Gasteiger partial charge in [0, 0.05) is 6.07 Å². The summed E-state index contributed by atoms with van der Waals surface area (Å²) in [6.45, 7) is 1.09. The number of nitrogens with one attached hydrogen (secondary N) is 1. The van der Waals surface area contributed by atoms with Crippen LogP contribution in [0.2, 0.25) is 0 Å². The van der Waals surface area contributed by atoms with Crippen LogP contribution < -0.4 is 39.1 Å². The maximum atomic E-state index is 12.2. The minimum Gasteiger partial charge on any atom is -1.00 e. The fourth-order valence-electron chi connectivity index (χ4n) is 1.28. The molecule has 0 aromatic carbocycles. The number of esters is 1. The van der Waals surface area contributed by atoms with Crippen molar-refractivity contribution < 1.29 is 76.2 Å². The van der Waals surface area contributed by atoms with E-state index in [0.717, 1.165) is 0 Å². The third-order valence-electron chi connectivity index (χ3n) is 2.25. The molecule has 0 atom stereocenters. The maximum Gasteiger partial charge on any atom is 1.00 e. The van der Waals surface area contributed by atoms with Gasteiger partial charge in [0.1, 0.15) is 6.54 Å². The maximum absolute atomic E-state index is 12.2. The molecule has 14 heteroatoms.